The van der Waals surface area contributed by atoms with Crippen molar-refractivity contribution < 1.29 is 4.42 Å². The standard InChI is InChI=1S/C11H14N2OS/c1-2-9-8-15-11(13-9)12-6-5-10-4-3-7-14-10/h3-4,7-8H,2,5-6H2,1H3,(H,12,13). The average Bonchev–Trinajstić information content (AvgIpc) is 2.88. The van der Waals surface area contributed by atoms with Gasteiger partial charge in [0.05, 0.1) is 12.0 Å². The van der Waals surface area contributed by atoms with E-state index in [-0.39, 0.29) is 0 Å². The predicted octanol–water partition coefficient (Wildman–Crippen LogP) is 2.95. The summed E-state index contributed by atoms with van der Waals surface area (Å²) in [6.45, 7) is 2.98. The number of nitrogens with one attached hydrogen (secondary N) is 1. The molecule has 80 valence electrons. The summed E-state index contributed by atoms with van der Waals surface area (Å²) in [6, 6.07) is 3.90. The molecule has 3 nitrogen and oxygen atoms in total. The molecule has 0 aliphatic rings. The number of anilines is 1. The summed E-state index contributed by atoms with van der Waals surface area (Å²) in [6.07, 6.45) is 3.60. The largest absolute Gasteiger partial charge is 0.469 e. The van der Waals surface area contributed by atoms with E-state index in [1.807, 2.05) is 12.1 Å². The zero-order valence-electron chi connectivity index (χ0n) is 8.69. The molecule has 0 amide bonds. The van der Waals surface area contributed by atoms with E-state index in [1.165, 1.54) is 0 Å². The Morgan fingerprint density at radius 1 is 1.53 bits per heavy atom. The summed E-state index contributed by atoms with van der Waals surface area (Å²) >= 11 is 1.66. The third kappa shape index (κ3) is 2.83. The van der Waals surface area contributed by atoms with Crippen LogP contribution >= 0.6 is 11.3 Å². The van der Waals surface area contributed by atoms with Crippen molar-refractivity contribution >= 4 is 16.5 Å². The van der Waals surface area contributed by atoms with Crippen molar-refractivity contribution in [3.8, 4) is 0 Å². The third-order valence-electron chi connectivity index (χ3n) is 2.14. The lowest BCUT2D eigenvalue weighted by Crippen LogP contribution is -2.03. The molecule has 2 aromatic rings. The van der Waals surface area contributed by atoms with E-state index in [0.29, 0.717) is 0 Å². The van der Waals surface area contributed by atoms with Crippen molar-refractivity contribution in [3.05, 3.63) is 35.2 Å². The summed E-state index contributed by atoms with van der Waals surface area (Å²) in [7, 11) is 0. The van der Waals surface area contributed by atoms with Crippen molar-refractivity contribution in [2.45, 2.75) is 19.8 Å². The Balaban J connectivity index is 1.78. The van der Waals surface area contributed by atoms with Gasteiger partial charge in [-0.05, 0) is 18.6 Å². The van der Waals surface area contributed by atoms with Gasteiger partial charge in [-0.15, -0.1) is 11.3 Å². The third-order valence-corrected chi connectivity index (χ3v) is 2.99. The Labute approximate surface area is 93.2 Å². The first-order valence-corrected chi connectivity index (χ1v) is 5.97. The van der Waals surface area contributed by atoms with Crippen LogP contribution in [0.3, 0.4) is 0 Å². The smallest absolute Gasteiger partial charge is 0.182 e. The van der Waals surface area contributed by atoms with E-state index in [9.17, 15) is 0 Å². The van der Waals surface area contributed by atoms with Gasteiger partial charge in [-0.3, -0.25) is 0 Å². The Kier molecular flexibility index (Phi) is 3.40. The minimum Gasteiger partial charge on any atom is -0.469 e. The van der Waals surface area contributed by atoms with E-state index in [1.54, 1.807) is 17.6 Å². The molecule has 0 saturated heterocycles. The highest BCUT2D eigenvalue weighted by Gasteiger charge is 2.00. The number of rotatable bonds is 5. The molecule has 15 heavy (non-hydrogen) atoms. The second kappa shape index (κ2) is 4.98. The van der Waals surface area contributed by atoms with Crippen LogP contribution in [0.2, 0.25) is 0 Å². The van der Waals surface area contributed by atoms with E-state index in [0.717, 1.165) is 36.0 Å². The van der Waals surface area contributed by atoms with Crippen LogP contribution in [-0.2, 0) is 12.8 Å². The first-order chi connectivity index (χ1) is 7.38. The molecule has 0 aliphatic heterocycles. The van der Waals surface area contributed by atoms with Crippen LogP contribution in [0.1, 0.15) is 18.4 Å². The van der Waals surface area contributed by atoms with E-state index >= 15 is 0 Å². The lowest BCUT2D eigenvalue weighted by atomic mass is 10.3. The van der Waals surface area contributed by atoms with Crippen LogP contribution in [0.4, 0.5) is 5.13 Å². The molecule has 0 bridgehead atoms. The molecule has 0 unspecified atom stereocenters. The van der Waals surface area contributed by atoms with Crippen molar-refractivity contribution in [1.29, 1.82) is 0 Å². The Hall–Kier alpha value is -1.29. The number of aromatic nitrogens is 1. The normalized spacial score (nSPS) is 10.5. The van der Waals surface area contributed by atoms with Crippen LogP contribution in [-0.4, -0.2) is 11.5 Å². The van der Waals surface area contributed by atoms with Crippen molar-refractivity contribution in [2.75, 3.05) is 11.9 Å². The second-order valence-electron chi connectivity index (χ2n) is 3.25. The van der Waals surface area contributed by atoms with Gasteiger partial charge in [0.25, 0.3) is 0 Å². The minimum absolute atomic E-state index is 0.865. The van der Waals surface area contributed by atoms with E-state index in [2.05, 4.69) is 22.6 Å². The number of thiazole rings is 1. The predicted molar refractivity (Wildman–Crippen MR) is 62.4 cm³/mol. The van der Waals surface area contributed by atoms with Gasteiger partial charge in [-0.2, -0.15) is 0 Å². The molecule has 0 atom stereocenters. The fourth-order valence-electron chi connectivity index (χ4n) is 1.30. The van der Waals surface area contributed by atoms with Gasteiger partial charge in [0.15, 0.2) is 5.13 Å². The van der Waals surface area contributed by atoms with Crippen molar-refractivity contribution in [1.82, 2.24) is 4.98 Å². The lowest BCUT2D eigenvalue weighted by Gasteiger charge is -1.99. The highest BCUT2D eigenvalue weighted by Crippen LogP contribution is 2.15. The molecule has 4 heteroatoms. The Morgan fingerprint density at radius 3 is 3.13 bits per heavy atom. The quantitative estimate of drug-likeness (QED) is 0.845. The molecule has 2 heterocycles. The molecule has 2 rings (SSSR count). The summed E-state index contributed by atoms with van der Waals surface area (Å²) in [5.41, 5.74) is 1.15. The number of furan rings is 1. The second-order valence-corrected chi connectivity index (χ2v) is 4.11. The number of aryl methyl sites for hydroxylation is 1. The van der Waals surface area contributed by atoms with E-state index < -0.39 is 0 Å². The highest BCUT2D eigenvalue weighted by atomic mass is 32.1. The maximum Gasteiger partial charge on any atom is 0.182 e. The van der Waals surface area contributed by atoms with Crippen molar-refractivity contribution in [2.24, 2.45) is 0 Å². The van der Waals surface area contributed by atoms with E-state index in [4.69, 9.17) is 4.42 Å². The molecule has 0 fully saturated rings. The minimum atomic E-state index is 0.865. The molecular formula is C11H14N2OS. The van der Waals surface area contributed by atoms with Gasteiger partial charge in [0.2, 0.25) is 0 Å². The molecule has 0 radical (unpaired) electrons. The zero-order chi connectivity index (χ0) is 10.5. The number of hydrogen-bond acceptors (Lipinski definition) is 4. The van der Waals surface area contributed by atoms with Gasteiger partial charge >= 0.3 is 0 Å². The lowest BCUT2D eigenvalue weighted by molar-refractivity contribution is 0.513. The highest BCUT2D eigenvalue weighted by molar-refractivity contribution is 7.13. The van der Waals surface area contributed by atoms with Crippen LogP contribution in [0.5, 0.6) is 0 Å². The fraction of sp³-hybridized carbons (Fsp3) is 0.364. The van der Waals surface area contributed by atoms with Gasteiger partial charge in [-0.25, -0.2) is 4.98 Å². The summed E-state index contributed by atoms with van der Waals surface area (Å²) in [4.78, 5) is 4.42. The maximum atomic E-state index is 5.24. The Morgan fingerprint density at radius 2 is 2.47 bits per heavy atom. The SMILES string of the molecule is CCc1csc(NCCc2ccco2)n1. The van der Waals surface area contributed by atoms with Gasteiger partial charge in [0.1, 0.15) is 5.76 Å². The first kappa shape index (κ1) is 10.2. The topological polar surface area (TPSA) is 38.1 Å². The van der Waals surface area contributed by atoms with Crippen molar-refractivity contribution in [3.63, 3.8) is 0 Å². The number of hydrogen-bond donors (Lipinski definition) is 1. The van der Waals surface area contributed by atoms with Gasteiger partial charge in [-0.1, -0.05) is 6.92 Å². The summed E-state index contributed by atoms with van der Waals surface area (Å²) in [5, 5.41) is 6.38. The van der Waals surface area contributed by atoms with Crippen LogP contribution < -0.4 is 5.32 Å². The molecule has 0 aliphatic carbocycles. The first-order valence-electron chi connectivity index (χ1n) is 5.09. The van der Waals surface area contributed by atoms with Crippen LogP contribution in [0.15, 0.2) is 28.2 Å². The number of nitrogens with zero attached hydrogens (tertiary/aromatic N) is 1. The van der Waals surface area contributed by atoms with Gasteiger partial charge < -0.3 is 9.73 Å². The molecule has 1 N–H and O–H groups in total. The average molecular weight is 222 g/mol. The summed E-state index contributed by atoms with van der Waals surface area (Å²) in [5.74, 6) is 1.01. The molecule has 0 aromatic carbocycles. The van der Waals surface area contributed by atoms with Gasteiger partial charge in [0, 0.05) is 18.3 Å². The van der Waals surface area contributed by atoms with Crippen LogP contribution in [0.25, 0.3) is 0 Å². The maximum absolute atomic E-state index is 5.24. The zero-order valence-corrected chi connectivity index (χ0v) is 9.51. The molecule has 0 saturated carbocycles. The summed E-state index contributed by atoms with van der Waals surface area (Å²) < 4.78 is 5.24. The molecule has 2 aromatic heterocycles. The Bertz CT molecular complexity index is 394. The molecule has 0 spiro atoms. The van der Waals surface area contributed by atoms with Crippen LogP contribution in [0, 0.1) is 0 Å². The monoisotopic (exact) mass is 222 g/mol. The molecular weight excluding hydrogens is 208 g/mol. The fourth-order valence-corrected chi connectivity index (χ4v) is 2.12.